The van der Waals surface area contributed by atoms with Crippen molar-refractivity contribution in [1.29, 1.82) is 0 Å². The van der Waals surface area contributed by atoms with Gasteiger partial charge >= 0.3 is 0 Å². The van der Waals surface area contributed by atoms with Crippen LogP contribution in [-0.2, 0) is 6.42 Å². The van der Waals surface area contributed by atoms with Gasteiger partial charge in [-0.2, -0.15) is 0 Å². The summed E-state index contributed by atoms with van der Waals surface area (Å²) < 4.78 is 0. The molecule has 0 spiro atoms. The van der Waals surface area contributed by atoms with Crippen molar-refractivity contribution in [2.75, 3.05) is 0 Å². The Morgan fingerprint density at radius 1 is 1.36 bits per heavy atom. The molecule has 0 radical (unpaired) electrons. The van der Waals surface area contributed by atoms with Crippen molar-refractivity contribution >= 4 is 0 Å². The van der Waals surface area contributed by atoms with E-state index in [1.807, 2.05) is 0 Å². The molecule has 1 aromatic heterocycles. The van der Waals surface area contributed by atoms with Gasteiger partial charge in [0.05, 0.1) is 0 Å². The lowest BCUT2D eigenvalue weighted by atomic mass is 9.48. The molecule has 1 nitrogen and oxygen atoms in total. The fourth-order valence-corrected chi connectivity index (χ4v) is 3.17. The predicted molar refractivity (Wildman–Crippen MR) is 57.3 cm³/mol. The van der Waals surface area contributed by atoms with Crippen LogP contribution >= 0.6 is 0 Å². The van der Waals surface area contributed by atoms with Crippen LogP contribution < -0.4 is 0 Å². The van der Waals surface area contributed by atoms with E-state index in [4.69, 9.17) is 4.98 Å². The van der Waals surface area contributed by atoms with Crippen molar-refractivity contribution in [3.63, 3.8) is 0 Å². The van der Waals surface area contributed by atoms with Crippen LogP contribution in [-0.4, -0.2) is 4.98 Å². The molecule has 2 atom stereocenters. The summed E-state index contributed by atoms with van der Waals surface area (Å²) in [4.78, 5) is 4.73. The summed E-state index contributed by atoms with van der Waals surface area (Å²) in [5.41, 5.74) is 4.59. The molecule has 0 unspecified atom stereocenters. The normalized spacial score (nSPS) is 31.9. The zero-order valence-corrected chi connectivity index (χ0v) is 9.17. The Bertz CT molecular complexity index is 392. The molecule has 1 fully saturated rings. The molecule has 3 aliphatic rings. The minimum Gasteiger partial charge on any atom is -0.258 e. The Balaban J connectivity index is 2.13. The second kappa shape index (κ2) is 2.39. The average molecular weight is 187 g/mol. The lowest BCUT2D eigenvalue weighted by Crippen LogP contribution is -2.48. The Morgan fingerprint density at radius 2 is 2.14 bits per heavy atom. The number of pyridine rings is 1. The van der Waals surface area contributed by atoms with E-state index in [0.717, 1.165) is 11.8 Å². The Hall–Kier alpha value is -0.850. The monoisotopic (exact) mass is 187 g/mol. The largest absolute Gasteiger partial charge is 0.258 e. The van der Waals surface area contributed by atoms with Crippen molar-refractivity contribution in [3.8, 4) is 0 Å². The van der Waals surface area contributed by atoms with Crippen LogP contribution in [0, 0.1) is 18.3 Å². The number of rotatable bonds is 0. The smallest absolute Gasteiger partial charge is 0.0475 e. The van der Waals surface area contributed by atoms with Crippen molar-refractivity contribution < 1.29 is 0 Å². The molecule has 0 aliphatic heterocycles. The molecule has 0 N–H and O–H groups in total. The first-order valence-corrected chi connectivity index (χ1v) is 5.55. The summed E-state index contributed by atoms with van der Waals surface area (Å²) in [7, 11) is 0. The molecule has 1 aromatic rings. The second-order valence-corrected chi connectivity index (χ2v) is 5.51. The topological polar surface area (TPSA) is 12.9 Å². The second-order valence-electron chi connectivity index (χ2n) is 5.51. The fourth-order valence-electron chi connectivity index (χ4n) is 3.17. The van der Waals surface area contributed by atoms with Crippen LogP contribution in [0.5, 0.6) is 0 Å². The van der Waals surface area contributed by atoms with Crippen LogP contribution in [0.4, 0.5) is 0 Å². The molecule has 14 heavy (non-hydrogen) atoms. The van der Waals surface area contributed by atoms with E-state index < -0.39 is 0 Å². The zero-order chi connectivity index (χ0) is 9.92. The van der Waals surface area contributed by atoms with Gasteiger partial charge in [0, 0.05) is 17.3 Å². The lowest BCUT2D eigenvalue weighted by molar-refractivity contribution is 0.0154. The van der Waals surface area contributed by atoms with E-state index in [9.17, 15) is 0 Å². The fraction of sp³-hybridized carbons (Fsp3) is 0.615. The van der Waals surface area contributed by atoms with Crippen LogP contribution in [0.2, 0.25) is 0 Å². The molecule has 1 heteroatoms. The number of hydrogen-bond donors (Lipinski definition) is 0. The van der Waals surface area contributed by atoms with E-state index >= 15 is 0 Å². The quantitative estimate of drug-likeness (QED) is 0.608. The summed E-state index contributed by atoms with van der Waals surface area (Å²) in [5.74, 6) is 1.64. The Morgan fingerprint density at radius 3 is 2.86 bits per heavy atom. The molecule has 1 heterocycles. The third-order valence-corrected chi connectivity index (χ3v) is 4.42. The van der Waals surface area contributed by atoms with Crippen molar-refractivity contribution in [2.45, 2.75) is 39.5 Å². The van der Waals surface area contributed by atoms with Gasteiger partial charge in [0.15, 0.2) is 0 Å². The van der Waals surface area contributed by atoms with Gasteiger partial charge in [0.25, 0.3) is 0 Å². The summed E-state index contributed by atoms with van der Waals surface area (Å²) >= 11 is 0. The third-order valence-electron chi connectivity index (χ3n) is 4.42. The first-order chi connectivity index (χ1) is 6.59. The van der Waals surface area contributed by atoms with Crippen LogP contribution in [0.1, 0.15) is 43.1 Å². The van der Waals surface area contributed by atoms with Crippen LogP contribution in [0.3, 0.4) is 0 Å². The highest BCUT2D eigenvalue weighted by molar-refractivity contribution is 5.35. The van der Waals surface area contributed by atoms with E-state index in [1.165, 1.54) is 29.8 Å². The third kappa shape index (κ3) is 0.879. The lowest BCUT2D eigenvalue weighted by Gasteiger charge is -2.56. The summed E-state index contributed by atoms with van der Waals surface area (Å²) in [6.45, 7) is 6.90. The van der Waals surface area contributed by atoms with Gasteiger partial charge in [-0.15, -0.1) is 0 Å². The SMILES string of the molecule is Cc1ccc2c(n1)[C@H]1C[C@@H](C2)C1(C)C. The average Bonchev–Trinajstić information content (AvgIpc) is 2.16. The number of aryl methyl sites for hydroxylation is 1. The van der Waals surface area contributed by atoms with Gasteiger partial charge in [-0.05, 0) is 42.7 Å². The minimum atomic E-state index is 0.508. The van der Waals surface area contributed by atoms with Crippen molar-refractivity contribution in [2.24, 2.45) is 11.3 Å². The minimum absolute atomic E-state index is 0.508. The molecular weight excluding hydrogens is 170 g/mol. The zero-order valence-electron chi connectivity index (χ0n) is 9.17. The van der Waals surface area contributed by atoms with E-state index in [0.29, 0.717) is 5.41 Å². The summed E-state index contributed by atoms with van der Waals surface area (Å²) in [6.07, 6.45) is 2.63. The summed E-state index contributed by atoms with van der Waals surface area (Å²) in [6, 6.07) is 4.43. The highest BCUT2D eigenvalue weighted by Crippen LogP contribution is 2.61. The molecule has 2 bridgehead atoms. The van der Waals surface area contributed by atoms with Gasteiger partial charge < -0.3 is 0 Å². The van der Waals surface area contributed by atoms with E-state index in [-0.39, 0.29) is 0 Å². The first kappa shape index (κ1) is 8.46. The van der Waals surface area contributed by atoms with Gasteiger partial charge in [-0.3, -0.25) is 4.98 Å². The molecule has 1 saturated carbocycles. The molecule has 0 amide bonds. The maximum Gasteiger partial charge on any atom is 0.0475 e. The van der Waals surface area contributed by atoms with Gasteiger partial charge in [0.1, 0.15) is 0 Å². The molecule has 0 aromatic carbocycles. The summed E-state index contributed by atoms with van der Waals surface area (Å²) in [5, 5.41) is 0. The standard InChI is InChI=1S/C13H17N/c1-8-4-5-9-6-10-7-11(12(9)14-8)13(10,2)3/h4-5,10-11H,6-7H2,1-3H3/t10-,11-/m1/s1. The van der Waals surface area contributed by atoms with Gasteiger partial charge in [-0.25, -0.2) is 0 Å². The Kier molecular flexibility index (Phi) is 1.44. The van der Waals surface area contributed by atoms with Crippen LogP contribution in [0.25, 0.3) is 0 Å². The Labute approximate surface area is 85.6 Å². The molecular formula is C13H17N. The molecule has 4 rings (SSSR count). The molecule has 0 saturated heterocycles. The van der Waals surface area contributed by atoms with Crippen molar-refractivity contribution in [1.82, 2.24) is 4.98 Å². The molecule has 3 aliphatic carbocycles. The maximum absolute atomic E-state index is 4.73. The predicted octanol–water partition coefficient (Wildman–Crippen LogP) is 3.08. The first-order valence-electron chi connectivity index (χ1n) is 5.55. The molecule has 74 valence electrons. The van der Waals surface area contributed by atoms with Gasteiger partial charge in [0.2, 0.25) is 0 Å². The highest BCUT2D eigenvalue weighted by Gasteiger charge is 2.53. The maximum atomic E-state index is 4.73. The number of hydrogen-bond acceptors (Lipinski definition) is 1. The van der Waals surface area contributed by atoms with Gasteiger partial charge in [-0.1, -0.05) is 19.9 Å². The van der Waals surface area contributed by atoms with E-state index in [2.05, 4.69) is 32.9 Å². The highest BCUT2D eigenvalue weighted by atomic mass is 14.8. The van der Waals surface area contributed by atoms with E-state index in [1.54, 1.807) is 0 Å². The number of aromatic nitrogens is 1. The number of nitrogens with zero attached hydrogens (tertiary/aromatic N) is 1. The van der Waals surface area contributed by atoms with Crippen LogP contribution in [0.15, 0.2) is 12.1 Å². The van der Waals surface area contributed by atoms with Crippen molar-refractivity contribution in [3.05, 3.63) is 29.1 Å².